The summed E-state index contributed by atoms with van der Waals surface area (Å²) in [5, 5.41) is 2.63. The first-order valence-electron chi connectivity index (χ1n) is 13.8. The molecule has 0 bridgehead atoms. The van der Waals surface area contributed by atoms with Crippen LogP contribution in [0.5, 0.6) is 0 Å². The Morgan fingerprint density at radius 1 is 1.00 bits per heavy atom. The van der Waals surface area contributed by atoms with E-state index in [1.54, 1.807) is 42.5 Å². The van der Waals surface area contributed by atoms with E-state index in [1.165, 1.54) is 11.1 Å². The first-order valence-corrected chi connectivity index (χ1v) is 13.8. The second-order valence-corrected chi connectivity index (χ2v) is 11.4. The molecule has 2 fully saturated rings. The van der Waals surface area contributed by atoms with Gasteiger partial charge in [-0.25, -0.2) is 0 Å². The summed E-state index contributed by atoms with van der Waals surface area (Å²) >= 11 is 0. The van der Waals surface area contributed by atoms with Crippen molar-refractivity contribution in [3.05, 3.63) is 107 Å². The minimum Gasteiger partial charge on any atom is -0.322 e. The number of allylic oxidation sites excluding steroid dienone is 1. The molecule has 3 aliphatic rings. The highest BCUT2D eigenvalue weighted by Crippen LogP contribution is 2.49. The summed E-state index contributed by atoms with van der Waals surface area (Å²) < 4.78 is 42.6. The van der Waals surface area contributed by atoms with Gasteiger partial charge in [0.25, 0.3) is 5.91 Å². The van der Waals surface area contributed by atoms with Gasteiger partial charge in [-0.3, -0.25) is 4.79 Å². The molecular weight excluding hydrogens is 497 g/mol. The van der Waals surface area contributed by atoms with Gasteiger partial charge in [0.15, 0.2) is 0 Å². The van der Waals surface area contributed by atoms with Crippen LogP contribution in [-0.2, 0) is 11.6 Å². The number of amides is 1. The molecule has 1 aliphatic heterocycles. The highest BCUT2D eigenvalue weighted by Gasteiger charge is 2.46. The van der Waals surface area contributed by atoms with Gasteiger partial charge in [-0.05, 0) is 85.0 Å². The summed E-state index contributed by atoms with van der Waals surface area (Å²) in [6.45, 7) is 4.22. The van der Waals surface area contributed by atoms with Crippen molar-refractivity contribution < 1.29 is 18.0 Å². The highest BCUT2D eigenvalue weighted by atomic mass is 19.4. The van der Waals surface area contributed by atoms with Gasteiger partial charge < -0.3 is 10.2 Å². The third kappa shape index (κ3) is 4.80. The average Bonchev–Trinajstić information content (AvgIpc) is 3.57. The number of alkyl halides is 3. The quantitative estimate of drug-likeness (QED) is 0.372. The fraction of sp³-hybridized carbons (Fsp3) is 0.364. The smallest absolute Gasteiger partial charge is 0.322 e. The molecule has 4 atom stereocenters. The largest absolute Gasteiger partial charge is 0.416 e. The number of halogens is 3. The molecule has 1 N–H and O–H groups in total. The van der Waals surface area contributed by atoms with E-state index in [0.717, 1.165) is 44.8 Å². The van der Waals surface area contributed by atoms with Crippen molar-refractivity contribution in [2.45, 2.75) is 56.2 Å². The Kier molecular flexibility index (Phi) is 6.62. The van der Waals surface area contributed by atoms with Crippen molar-refractivity contribution in [1.29, 1.82) is 0 Å². The third-order valence-electron chi connectivity index (χ3n) is 9.24. The van der Waals surface area contributed by atoms with Gasteiger partial charge in [0.05, 0.1) is 5.56 Å². The summed E-state index contributed by atoms with van der Waals surface area (Å²) in [5.41, 5.74) is 3.05. The molecular formula is C33H33F3N2O. The van der Waals surface area contributed by atoms with Crippen molar-refractivity contribution in [3.63, 3.8) is 0 Å². The fourth-order valence-corrected chi connectivity index (χ4v) is 7.15. The Labute approximate surface area is 227 Å². The molecule has 202 valence electrons. The third-order valence-corrected chi connectivity index (χ3v) is 9.24. The lowest BCUT2D eigenvalue weighted by atomic mass is 9.68. The van der Waals surface area contributed by atoms with Crippen LogP contribution < -0.4 is 5.32 Å². The summed E-state index contributed by atoms with van der Waals surface area (Å²) in [6, 6.07) is 21.7. The first-order chi connectivity index (χ1) is 18.7. The normalized spacial score (nSPS) is 26.6. The second-order valence-electron chi connectivity index (χ2n) is 11.4. The molecule has 1 saturated carbocycles. The number of carbonyl (C=O) groups is 1. The Balaban J connectivity index is 1.16. The molecule has 1 saturated heterocycles. The number of benzene rings is 3. The zero-order valence-corrected chi connectivity index (χ0v) is 22.0. The molecule has 1 spiro atoms. The van der Waals surface area contributed by atoms with Gasteiger partial charge in [0.1, 0.15) is 0 Å². The van der Waals surface area contributed by atoms with E-state index in [1.807, 2.05) is 0 Å². The van der Waals surface area contributed by atoms with Crippen LogP contribution in [-0.4, -0.2) is 29.9 Å². The lowest BCUT2D eigenvalue weighted by Gasteiger charge is -2.46. The lowest BCUT2D eigenvalue weighted by molar-refractivity contribution is -0.138. The predicted octanol–water partition coefficient (Wildman–Crippen LogP) is 7.90. The molecule has 2 aliphatic carbocycles. The zero-order chi connectivity index (χ0) is 27.2. The minimum absolute atomic E-state index is 0.0641. The lowest BCUT2D eigenvalue weighted by Crippen LogP contribution is -2.50. The van der Waals surface area contributed by atoms with E-state index in [9.17, 15) is 18.0 Å². The van der Waals surface area contributed by atoms with Crippen LogP contribution in [0.15, 0.2) is 78.9 Å². The SMILES string of the molecule is C[C@H]1CN(C2CCC(c3ccc(NC(=O)c4ccccc4)cc3C(F)(F)F)C2)CCC12C=Cc1ccccc12. The molecule has 0 radical (unpaired) electrons. The second kappa shape index (κ2) is 9.98. The number of hydrogen-bond donors (Lipinski definition) is 1. The summed E-state index contributed by atoms with van der Waals surface area (Å²) in [4.78, 5) is 15.0. The zero-order valence-electron chi connectivity index (χ0n) is 22.0. The van der Waals surface area contributed by atoms with E-state index in [0.29, 0.717) is 17.0 Å². The predicted molar refractivity (Wildman–Crippen MR) is 149 cm³/mol. The maximum absolute atomic E-state index is 14.2. The van der Waals surface area contributed by atoms with E-state index in [-0.39, 0.29) is 23.1 Å². The van der Waals surface area contributed by atoms with Crippen LogP contribution in [0, 0.1) is 5.92 Å². The van der Waals surface area contributed by atoms with Crippen molar-refractivity contribution in [3.8, 4) is 0 Å². The number of fused-ring (bicyclic) bond motifs is 2. The maximum atomic E-state index is 14.2. The summed E-state index contributed by atoms with van der Waals surface area (Å²) in [7, 11) is 0. The number of nitrogens with one attached hydrogen (secondary N) is 1. The number of likely N-dealkylation sites (tertiary alicyclic amines) is 1. The molecule has 39 heavy (non-hydrogen) atoms. The number of rotatable bonds is 4. The van der Waals surface area contributed by atoms with Crippen LogP contribution in [0.4, 0.5) is 18.9 Å². The van der Waals surface area contributed by atoms with Gasteiger partial charge in [-0.1, -0.05) is 67.6 Å². The van der Waals surface area contributed by atoms with Gasteiger partial charge >= 0.3 is 6.18 Å². The molecule has 3 unspecified atom stereocenters. The van der Waals surface area contributed by atoms with E-state index < -0.39 is 17.6 Å². The van der Waals surface area contributed by atoms with Gasteiger partial charge in [0.2, 0.25) is 0 Å². The van der Waals surface area contributed by atoms with Gasteiger partial charge in [-0.15, -0.1) is 0 Å². The Hall–Kier alpha value is -3.38. The van der Waals surface area contributed by atoms with Crippen molar-refractivity contribution >= 4 is 17.7 Å². The Morgan fingerprint density at radius 3 is 2.54 bits per heavy atom. The number of anilines is 1. The molecule has 3 aromatic rings. The van der Waals surface area contributed by atoms with Gasteiger partial charge in [-0.2, -0.15) is 13.2 Å². The average molecular weight is 531 g/mol. The molecule has 3 nitrogen and oxygen atoms in total. The van der Waals surface area contributed by atoms with Crippen molar-refractivity contribution in [2.24, 2.45) is 5.92 Å². The molecule has 0 aromatic heterocycles. The number of hydrogen-bond acceptors (Lipinski definition) is 2. The minimum atomic E-state index is -4.49. The molecule has 1 heterocycles. The van der Waals surface area contributed by atoms with Crippen LogP contribution in [0.2, 0.25) is 0 Å². The van der Waals surface area contributed by atoms with Crippen molar-refractivity contribution in [2.75, 3.05) is 18.4 Å². The van der Waals surface area contributed by atoms with Crippen LogP contribution >= 0.6 is 0 Å². The van der Waals surface area contributed by atoms with Gasteiger partial charge in [0, 0.05) is 29.3 Å². The molecule has 1 amide bonds. The monoisotopic (exact) mass is 530 g/mol. The van der Waals surface area contributed by atoms with E-state index in [2.05, 4.69) is 53.6 Å². The Morgan fingerprint density at radius 2 is 1.77 bits per heavy atom. The maximum Gasteiger partial charge on any atom is 0.416 e. The van der Waals surface area contributed by atoms with Crippen LogP contribution in [0.25, 0.3) is 6.08 Å². The number of carbonyl (C=O) groups excluding carboxylic acids is 1. The van der Waals surface area contributed by atoms with Crippen LogP contribution in [0.3, 0.4) is 0 Å². The van der Waals surface area contributed by atoms with Crippen LogP contribution in [0.1, 0.15) is 71.1 Å². The topological polar surface area (TPSA) is 32.3 Å². The number of piperidine rings is 1. The first kappa shape index (κ1) is 25.9. The van der Waals surface area contributed by atoms with E-state index >= 15 is 0 Å². The number of nitrogens with zero attached hydrogens (tertiary/aromatic N) is 1. The standard InChI is InChI=1S/C33H33F3N2O/c1-22-21-38(18-17-32(22)16-15-23-7-5-6-10-29(23)32)27-13-11-25(19-27)28-14-12-26(20-30(28)33(34,35)36)37-31(39)24-8-3-2-4-9-24/h2-10,12,14-16,20,22,25,27H,11,13,17-19,21H2,1H3,(H,37,39)/t22-,25?,27?,32?/m0/s1. The Bertz CT molecular complexity index is 1400. The highest BCUT2D eigenvalue weighted by molar-refractivity contribution is 6.04. The molecule has 6 rings (SSSR count). The fourth-order valence-electron chi connectivity index (χ4n) is 7.15. The van der Waals surface area contributed by atoms with Crippen molar-refractivity contribution in [1.82, 2.24) is 4.90 Å². The molecule has 3 aromatic carbocycles. The summed E-state index contributed by atoms with van der Waals surface area (Å²) in [6.07, 6.45) is 3.54. The summed E-state index contributed by atoms with van der Waals surface area (Å²) in [5.74, 6) is -0.138. The molecule has 6 heteroatoms. The van der Waals surface area contributed by atoms with E-state index in [4.69, 9.17) is 0 Å².